The Hall–Kier alpha value is -0.135. The number of nitrogens with one attached hydrogen (secondary N) is 1. The molecule has 6 heteroatoms. The fourth-order valence-electron chi connectivity index (χ4n) is 0.574. The van der Waals surface area contributed by atoms with Gasteiger partial charge in [-0.25, -0.2) is 5.48 Å². The molecule has 0 aliphatic carbocycles. The van der Waals surface area contributed by atoms with Crippen LogP contribution in [0.25, 0.3) is 0 Å². The van der Waals surface area contributed by atoms with Crippen molar-refractivity contribution < 1.29 is 14.1 Å². The lowest BCUT2D eigenvalue weighted by Gasteiger charge is -2.11. The van der Waals surface area contributed by atoms with Gasteiger partial charge in [0.1, 0.15) is 0 Å². The van der Waals surface area contributed by atoms with Gasteiger partial charge in [-0.15, -0.1) is 0 Å². The molecule has 0 heterocycles. The number of hydrogen-bond donors (Lipinski definition) is 2. The molecule has 0 unspecified atom stereocenters. The lowest BCUT2D eigenvalue weighted by atomic mass is 10.2. The van der Waals surface area contributed by atoms with Crippen molar-refractivity contribution >= 4 is 7.32 Å². The Morgan fingerprint density at radius 2 is 1.83 bits per heavy atom. The average molecular weight is 176 g/mol. The van der Waals surface area contributed by atoms with E-state index in [0.717, 1.165) is 0 Å². The van der Waals surface area contributed by atoms with E-state index in [4.69, 9.17) is 19.8 Å². The maximum atomic E-state index is 5.24. The van der Waals surface area contributed by atoms with E-state index in [1.807, 2.05) is 13.8 Å². The van der Waals surface area contributed by atoms with Gasteiger partial charge >= 0.3 is 7.32 Å². The molecule has 0 saturated carbocycles. The number of rotatable bonds is 8. The molecular formula is C6H17BN2O3. The predicted molar refractivity (Wildman–Crippen MR) is 47.1 cm³/mol. The number of nitrogens with two attached hydrogens (primary N) is 1. The summed E-state index contributed by atoms with van der Waals surface area (Å²) in [7, 11) is -0.633. The van der Waals surface area contributed by atoms with Crippen LogP contribution in [0.15, 0.2) is 0 Å². The van der Waals surface area contributed by atoms with Crippen LogP contribution in [0.1, 0.15) is 13.8 Å². The summed E-state index contributed by atoms with van der Waals surface area (Å²) in [5.74, 6) is 0. The molecular weight excluding hydrogens is 159 g/mol. The van der Waals surface area contributed by atoms with Gasteiger partial charge in [-0.3, -0.25) is 0 Å². The molecule has 0 aliphatic rings. The van der Waals surface area contributed by atoms with Gasteiger partial charge in [-0.1, -0.05) is 0 Å². The van der Waals surface area contributed by atoms with E-state index < -0.39 is 7.32 Å². The third-order valence-electron chi connectivity index (χ3n) is 1.03. The maximum absolute atomic E-state index is 5.24. The standard InChI is InChI=1S/C6H17BN2O3/c1-3-10-7(11-4-2)12-9-6-5-8/h9H,3-6,8H2,1-2H3. The molecule has 0 aromatic carbocycles. The molecule has 12 heavy (non-hydrogen) atoms. The van der Waals surface area contributed by atoms with E-state index in [1.54, 1.807) is 0 Å². The van der Waals surface area contributed by atoms with Crippen LogP contribution in [0.2, 0.25) is 0 Å². The summed E-state index contributed by atoms with van der Waals surface area (Å²) in [6.07, 6.45) is 0. The van der Waals surface area contributed by atoms with E-state index in [-0.39, 0.29) is 0 Å². The molecule has 0 bridgehead atoms. The van der Waals surface area contributed by atoms with E-state index in [1.165, 1.54) is 0 Å². The third-order valence-corrected chi connectivity index (χ3v) is 1.03. The first-order valence-electron chi connectivity index (χ1n) is 4.16. The third kappa shape index (κ3) is 6.57. The van der Waals surface area contributed by atoms with Crippen molar-refractivity contribution in [3.05, 3.63) is 0 Å². The van der Waals surface area contributed by atoms with Crippen LogP contribution in [0.4, 0.5) is 0 Å². The van der Waals surface area contributed by atoms with Crippen molar-refractivity contribution in [1.29, 1.82) is 0 Å². The molecule has 0 saturated heterocycles. The Balaban J connectivity index is 3.34. The molecule has 0 aromatic heterocycles. The second-order valence-electron chi connectivity index (χ2n) is 2.00. The molecule has 5 nitrogen and oxygen atoms in total. The Morgan fingerprint density at radius 1 is 1.25 bits per heavy atom. The number of hydrogen-bond acceptors (Lipinski definition) is 5. The van der Waals surface area contributed by atoms with Crippen molar-refractivity contribution in [2.45, 2.75) is 13.8 Å². The van der Waals surface area contributed by atoms with Crippen molar-refractivity contribution in [2.75, 3.05) is 26.3 Å². The lowest BCUT2D eigenvalue weighted by molar-refractivity contribution is 0.0572. The van der Waals surface area contributed by atoms with Gasteiger partial charge in [0.2, 0.25) is 0 Å². The first-order chi connectivity index (χ1) is 5.85. The normalized spacial score (nSPS) is 10.2. The first kappa shape index (κ1) is 11.9. The van der Waals surface area contributed by atoms with Gasteiger partial charge in [0.25, 0.3) is 0 Å². The van der Waals surface area contributed by atoms with Gasteiger partial charge in [0, 0.05) is 26.3 Å². The topological polar surface area (TPSA) is 65.7 Å². The summed E-state index contributed by atoms with van der Waals surface area (Å²) in [6.45, 7) is 5.95. The summed E-state index contributed by atoms with van der Waals surface area (Å²) in [5.41, 5.74) is 7.87. The minimum atomic E-state index is -0.633. The van der Waals surface area contributed by atoms with Crippen LogP contribution in [-0.4, -0.2) is 33.6 Å². The number of hydroxylamine groups is 1. The summed E-state index contributed by atoms with van der Waals surface area (Å²) in [6, 6.07) is 0. The second kappa shape index (κ2) is 8.96. The molecule has 0 radical (unpaired) electrons. The molecule has 0 fully saturated rings. The highest BCUT2D eigenvalue weighted by Crippen LogP contribution is 1.88. The summed E-state index contributed by atoms with van der Waals surface area (Å²) >= 11 is 0. The average Bonchev–Trinajstić information content (AvgIpc) is 2.06. The van der Waals surface area contributed by atoms with Gasteiger partial charge in [-0.2, -0.15) is 0 Å². The van der Waals surface area contributed by atoms with Gasteiger partial charge in [0.15, 0.2) is 0 Å². The van der Waals surface area contributed by atoms with E-state index in [9.17, 15) is 0 Å². The van der Waals surface area contributed by atoms with Gasteiger partial charge in [-0.05, 0) is 13.8 Å². The van der Waals surface area contributed by atoms with E-state index >= 15 is 0 Å². The van der Waals surface area contributed by atoms with Crippen molar-refractivity contribution in [3.8, 4) is 0 Å². The molecule has 0 aliphatic heterocycles. The van der Waals surface area contributed by atoms with Crippen LogP contribution in [0.3, 0.4) is 0 Å². The van der Waals surface area contributed by atoms with E-state index in [2.05, 4.69) is 5.48 Å². The minimum absolute atomic E-state index is 0.519. The van der Waals surface area contributed by atoms with Crippen LogP contribution in [0.5, 0.6) is 0 Å². The zero-order valence-corrected chi connectivity index (χ0v) is 7.71. The zero-order chi connectivity index (χ0) is 9.23. The van der Waals surface area contributed by atoms with Crippen LogP contribution in [-0.2, 0) is 14.1 Å². The molecule has 0 atom stereocenters. The highest BCUT2D eigenvalue weighted by Gasteiger charge is 2.19. The Bertz CT molecular complexity index is 90.9. The monoisotopic (exact) mass is 176 g/mol. The second-order valence-corrected chi connectivity index (χ2v) is 2.00. The van der Waals surface area contributed by atoms with Gasteiger partial charge < -0.3 is 19.8 Å². The molecule has 0 amide bonds. The molecule has 0 spiro atoms. The fourth-order valence-corrected chi connectivity index (χ4v) is 0.574. The lowest BCUT2D eigenvalue weighted by Crippen LogP contribution is -2.35. The van der Waals surface area contributed by atoms with Crippen LogP contribution in [0, 0.1) is 0 Å². The molecule has 0 aromatic rings. The Morgan fingerprint density at radius 3 is 2.25 bits per heavy atom. The molecule has 3 N–H and O–H groups in total. The summed E-state index contributed by atoms with van der Waals surface area (Å²) in [5, 5.41) is 0. The van der Waals surface area contributed by atoms with Crippen molar-refractivity contribution in [1.82, 2.24) is 5.48 Å². The Labute approximate surface area is 73.7 Å². The highest BCUT2D eigenvalue weighted by molar-refractivity contribution is 6.36. The quantitative estimate of drug-likeness (QED) is 0.297. The summed E-state index contributed by atoms with van der Waals surface area (Å²) < 4.78 is 15.2. The van der Waals surface area contributed by atoms with Crippen LogP contribution < -0.4 is 11.2 Å². The highest BCUT2D eigenvalue weighted by atomic mass is 16.8. The fraction of sp³-hybridized carbons (Fsp3) is 1.00. The van der Waals surface area contributed by atoms with Gasteiger partial charge in [0.05, 0.1) is 0 Å². The largest absolute Gasteiger partial charge is 0.656 e. The molecule has 0 rings (SSSR count). The minimum Gasteiger partial charge on any atom is -0.385 e. The molecule has 72 valence electrons. The van der Waals surface area contributed by atoms with Crippen molar-refractivity contribution in [3.63, 3.8) is 0 Å². The van der Waals surface area contributed by atoms with Crippen LogP contribution >= 0.6 is 0 Å². The predicted octanol–water partition coefficient (Wildman–Crippen LogP) is -0.476. The van der Waals surface area contributed by atoms with E-state index in [0.29, 0.717) is 26.3 Å². The smallest absolute Gasteiger partial charge is 0.385 e. The first-order valence-corrected chi connectivity index (χ1v) is 4.16. The zero-order valence-electron chi connectivity index (χ0n) is 7.71. The maximum Gasteiger partial charge on any atom is 0.656 e. The summed E-state index contributed by atoms with van der Waals surface area (Å²) in [4.78, 5) is 0. The SMILES string of the molecule is CCOB(OCC)ONCCN. The Kier molecular flexibility index (Phi) is 8.86. The van der Waals surface area contributed by atoms with Crippen molar-refractivity contribution in [2.24, 2.45) is 5.73 Å².